The number of rotatable bonds is 6. The van der Waals surface area contributed by atoms with E-state index in [2.05, 4.69) is 5.32 Å². The number of anilines is 1. The molecule has 17 heavy (non-hydrogen) atoms. The Hall–Kier alpha value is -1.13. The predicted molar refractivity (Wildman–Crippen MR) is 76.6 cm³/mol. The third kappa shape index (κ3) is 4.32. The summed E-state index contributed by atoms with van der Waals surface area (Å²) in [4.78, 5) is 0.413. The van der Waals surface area contributed by atoms with E-state index in [0.717, 1.165) is 24.4 Å². The van der Waals surface area contributed by atoms with Crippen LogP contribution in [0.15, 0.2) is 18.2 Å². The van der Waals surface area contributed by atoms with Crippen LogP contribution in [0.1, 0.15) is 25.0 Å². The lowest BCUT2D eigenvalue weighted by Crippen LogP contribution is -2.21. The summed E-state index contributed by atoms with van der Waals surface area (Å²) < 4.78 is 5.47. The minimum Gasteiger partial charge on any atom is -0.389 e. The average Bonchev–Trinajstić information content (AvgIpc) is 2.26. The largest absolute Gasteiger partial charge is 0.389 e. The molecule has 0 aromatic heterocycles. The van der Waals surface area contributed by atoms with Gasteiger partial charge >= 0.3 is 0 Å². The number of nitrogens with one attached hydrogen (secondary N) is 1. The number of hydrogen-bond donors (Lipinski definition) is 2. The Morgan fingerprint density at radius 3 is 2.82 bits per heavy atom. The first-order valence-corrected chi connectivity index (χ1v) is 6.21. The van der Waals surface area contributed by atoms with Crippen molar-refractivity contribution in [2.45, 2.75) is 26.9 Å². The summed E-state index contributed by atoms with van der Waals surface area (Å²) in [5.74, 6) is 0. The van der Waals surface area contributed by atoms with Gasteiger partial charge in [0.25, 0.3) is 0 Å². The number of hydrogen-bond acceptors (Lipinski definition) is 3. The van der Waals surface area contributed by atoms with Crippen molar-refractivity contribution in [3.8, 4) is 0 Å². The van der Waals surface area contributed by atoms with E-state index in [9.17, 15) is 0 Å². The van der Waals surface area contributed by atoms with Crippen molar-refractivity contribution in [3.05, 3.63) is 29.3 Å². The summed E-state index contributed by atoms with van der Waals surface area (Å²) in [6, 6.07) is 6.00. The van der Waals surface area contributed by atoms with Gasteiger partial charge < -0.3 is 15.8 Å². The fourth-order valence-electron chi connectivity index (χ4n) is 1.62. The molecule has 1 aromatic rings. The van der Waals surface area contributed by atoms with Crippen molar-refractivity contribution in [3.63, 3.8) is 0 Å². The zero-order valence-electron chi connectivity index (χ0n) is 10.6. The molecule has 1 aromatic carbocycles. The van der Waals surface area contributed by atoms with E-state index >= 15 is 0 Å². The van der Waals surface area contributed by atoms with Gasteiger partial charge in [-0.15, -0.1) is 0 Å². The first-order chi connectivity index (χ1) is 8.04. The number of nitrogens with two attached hydrogens (primary N) is 1. The summed E-state index contributed by atoms with van der Waals surface area (Å²) >= 11 is 5.03. The lowest BCUT2D eigenvalue weighted by molar-refractivity contribution is 0.0855. The molecular formula is C13H20N2OS. The molecule has 4 heteroatoms. The maximum atomic E-state index is 5.69. The van der Waals surface area contributed by atoms with Crippen LogP contribution >= 0.6 is 12.2 Å². The molecule has 0 saturated heterocycles. The molecule has 0 aliphatic heterocycles. The van der Waals surface area contributed by atoms with E-state index in [-0.39, 0.29) is 6.10 Å². The average molecular weight is 252 g/mol. The van der Waals surface area contributed by atoms with E-state index in [4.69, 9.17) is 22.7 Å². The van der Waals surface area contributed by atoms with Crippen molar-refractivity contribution in [1.29, 1.82) is 0 Å². The van der Waals surface area contributed by atoms with Crippen molar-refractivity contribution in [1.82, 2.24) is 0 Å². The van der Waals surface area contributed by atoms with Crippen LogP contribution < -0.4 is 11.1 Å². The highest BCUT2D eigenvalue weighted by Crippen LogP contribution is 2.17. The van der Waals surface area contributed by atoms with Crippen LogP contribution in [0.2, 0.25) is 0 Å². The fraction of sp³-hybridized carbons (Fsp3) is 0.462. The minimum absolute atomic E-state index is 0.166. The standard InChI is InChI=1S/C13H20N2OS/c1-4-16-10(3)8-15-12-7-9(2)5-6-11(12)13(14)17/h5-7,10,15H,4,8H2,1-3H3,(H2,14,17). The van der Waals surface area contributed by atoms with Crippen LogP contribution in [-0.2, 0) is 4.74 Å². The van der Waals surface area contributed by atoms with Crippen LogP contribution in [0.5, 0.6) is 0 Å². The lowest BCUT2D eigenvalue weighted by atomic mass is 10.1. The Kier molecular flexibility index (Phi) is 5.38. The summed E-state index contributed by atoms with van der Waals surface area (Å²) in [6.45, 7) is 7.53. The molecule has 1 unspecified atom stereocenters. The molecule has 0 aliphatic rings. The van der Waals surface area contributed by atoms with Gasteiger partial charge in [-0.2, -0.15) is 0 Å². The molecule has 0 aliphatic carbocycles. The van der Waals surface area contributed by atoms with Crippen LogP contribution in [0.3, 0.4) is 0 Å². The highest BCUT2D eigenvalue weighted by atomic mass is 32.1. The fourth-order valence-corrected chi connectivity index (χ4v) is 1.79. The molecule has 3 nitrogen and oxygen atoms in total. The Bertz CT molecular complexity index is 393. The molecule has 0 bridgehead atoms. The van der Waals surface area contributed by atoms with Gasteiger partial charge in [0.1, 0.15) is 4.99 Å². The molecule has 3 N–H and O–H groups in total. The maximum absolute atomic E-state index is 5.69. The Labute approximate surface area is 108 Å². The SMILES string of the molecule is CCOC(C)CNc1cc(C)ccc1C(N)=S. The molecule has 0 amide bonds. The normalized spacial score (nSPS) is 12.2. The summed E-state index contributed by atoms with van der Waals surface area (Å²) in [5.41, 5.74) is 8.73. The van der Waals surface area contributed by atoms with Gasteiger partial charge in [-0.1, -0.05) is 18.3 Å². The second-order valence-electron chi connectivity index (χ2n) is 4.06. The van der Waals surface area contributed by atoms with Crippen molar-refractivity contribution >= 4 is 22.9 Å². The van der Waals surface area contributed by atoms with Crippen molar-refractivity contribution in [2.24, 2.45) is 5.73 Å². The smallest absolute Gasteiger partial charge is 0.106 e. The lowest BCUT2D eigenvalue weighted by Gasteiger charge is -2.16. The third-order valence-corrected chi connectivity index (χ3v) is 2.69. The van der Waals surface area contributed by atoms with Crippen molar-refractivity contribution < 1.29 is 4.74 Å². The zero-order chi connectivity index (χ0) is 12.8. The molecule has 0 fully saturated rings. The molecule has 1 rings (SSSR count). The van der Waals surface area contributed by atoms with Crippen molar-refractivity contribution in [2.75, 3.05) is 18.5 Å². The van der Waals surface area contributed by atoms with Crippen LogP contribution in [-0.4, -0.2) is 24.2 Å². The first-order valence-electron chi connectivity index (χ1n) is 5.80. The monoisotopic (exact) mass is 252 g/mol. The Balaban J connectivity index is 2.75. The maximum Gasteiger partial charge on any atom is 0.106 e. The molecule has 0 heterocycles. The van der Waals surface area contributed by atoms with Gasteiger partial charge in [0.2, 0.25) is 0 Å². The second-order valence-corrected chi connectivity index (χ2v) is 4.50. The van der Waals surface area contributed by atoms with Gasteiger partial charge in [0.15, 0.2) is 0 Å². The van der Waals surface area contributed by atoms with E-state index in [1.807, 2.05) is 39.0 Å². The van der Waals surface area contributed by atoms with E-state index in [1.54, 1.807) is 0 Å². The number of benzene rings is 1. The number of aryl methyl sites for hydroxylation is 1. The van der Waals surface area contributed by atoms with E-state index in [0.29, 0.717) is 4.99 Å². The quantitative estimate of drug-likeness (QED) is 0.764. The summed E-state index contributed by atoms with van der Waals surface area (Å²) in [5, 5.41) is 3.33. The van der Waals surface area contributed by atoms with Gasteiger partial charge in [-0.25, -0.2) is 0 Å². The Morgan fingerprint density at radius 2 is 2.24 bits per heavy atom. The highest BCUT2D eigenvalue weighted by Gasteiger charge is 2.07. The van der Waals surface area contributed by atoms with E-state index in [1.165, 1.54) is 5.56 Å². The van der Waals surface area contributed by atoms with E-state index < -0.39 is 0 Å². The summed E-state index contributed by atoms with van der Waals surface area (Å²) in [6.07, 6.45) is 0.166. The molecule has 0 saturated carbocycles. The van der Waals surface area contributed by atoms with Crippen LogP contribution in [0.4, 0.5) is 5.69 Å². The van der Waals surface area contributed by atoms with Crippen LogP contribution in [0.25, 0.3) is 0 Å². The van der Waals surface area contributed by atoms with Gasteiger partial charge in [0.05, 0.1) is 6.10 Å². The highest BCUT2D eigenvalue weighted by molar-refractivity contribution is 7.80. The minimum atomic E-state index is 0.166. The number of ether oxygens (including phenoxy) is 1. The van der Waals surface area contributed by atoms with Gasteiger partial charge in [-0.3, -0.25) is 0 Å². The topological polar surface area (TPSA) is 47.3 Å². The molecule has 0 spiro atoms. The summed E-state index contributed by atoms with van der Waals surface area (Å²) in [7, 11) is 0. The molecule has 0 radical (unpaired) electrons. The third-order valence-electron chi connectivity index (χ3n) is 2.47. The second kappa shape index (κ2) is 6.57. The molecule has 94 valence electrons. The zero-order valence-corrected chi connectivity index (χ0v) is 11.4. The number of thiocarbonyl (C=S) groups is 1. The van der Waals surface area contributed by atoms with Gasteiger partial charge in [0, 0.05) is 24.4 Å². The Morgan fingerprint density at radius 1 is 1.53 bits per heavy atom. The van der Waals surface area contributed by atoms with Crippen LogP contribution in [0, 0.1) is 6.92 Å². The molecular weight excluding hydrogens is 232 g/mol. The predicted octanol–water partition coefficient (Wildman–Crippen LogP) is 2.47. The van der Waals surface area contributed by atoms with Gasteiger partial charge in [-0.05, 0) is 38.5 Å². The first kappa shape index (κ1) is 13.9. The molecule has 1 atom stereocenters.